The van der Waals surface area contributed by atoms with Crippen LogP contribution in [0.3, 0.4) is 0 Å². The van der Waals surface area contributed by atoms with Crippen LogP contribution in [0.25, 0.3) is 0 Å². The topological polar surface area (TPSA) is 109 Å². The molecule has 0 radical (unpaired) electrons. The van der Waals surface area contributed by atoms with Crippen molar-refractivity contribution < 1.29 is 22.8 Å². The summed E-state index contributed by atoms with van der Waals surface area (Å²) >= 11 is 2.41. The van der Waals surface area contributed by atoms with E-state index in [1.54, 1.807) is 78.2 Å². The Bertz CT molecular complexity index is 1920. The number of rotatable bonds is 8. The Hall–Kier alpha value is -4.51. The lowest BCUT2D eigenvalue weighted by Crippen LogP contribution is -2.25. The average molecular weight is 611 g/mol. The lowest BCUT2D eigenvalue weighted by molar-refractivity contribution is -0.115. The monoisotopic (exact) mass is 610 g/mol. The fourth-order valence-corrected chi connectivity index (χ4v) is 7.78. The third-order valence-electron chi connectivity index (χ3n) is 6.67. The van der Waals surface area contributed by atoms with E-state index in [0.29, 0.717) is 16.8 Å². The summed E-state index contributed by atoms with van der Waals surface area (Å²) in [6.07, 6.45) is 0. The fraction of sp³-hybridized carbons (Fsp3) is 0.0312. The van der Waals surface area contributed by atoms with Gasteiger partial charge in [0.2, 0.25) is 5.91 Å². The van der Waals surface area contributed by atoms with Crippen molar-refractivity contribution in [3.05, 3.63) is 142 Å². The van der Waals surface area contributed by atoms with E-state index in [1.807, 2.05) is 30.3 Å². The number of amides is 1. The van der Waals surface area contributed by atoms with Gasteiger partial charge in [-0.05, 0) is 47.3 Å². The number of thioether (sulfide) groups is 1. The second-order valence-electron chi connectivity index (χ2n) is 9.39. The van der Waals surface area contributed by atoms with Crippen molar-refractivity contribution in [3.63, 3.8) is 0 Å². The van der Waals surface area contributed by atoms with E-state index < -0.39 is 15.3 Å². The number of carbonyl (C=O) groups excluding carboxylic acids is 3. The number of carbonyl (C=O) groups is 3. The molecule has 1 heterocycles. The van der Waals surface area contributed by atoms with Crippen LogP contribution in [0.4, 0.5) is 11.4 Å². The average Bonchev–Trinajstić information content (AvgIpc) is 3.56. The second-order valence-corrected chi connectivity index (χ2v) is 13.4. The summed E-state index contributed by atoms with van der Waals surface area (Å²) in [5, 5.41) is 3.89. The van der Waals surface area contributed by atoms with Crippen molar-refractivity contribution in [1.82, 2.24) is 0 Å². The first-order valence-corrected chi connectivity index (χ1v) is 16.1. The number of benzene rings is 4. The third kappa shape index (κ3) is 5.39. The van der Waals surface area contributed by atoms with Crippen molar-refractivity contribution in [2.45, 2.75) is 14.4 Å². The molecule has 7 nitrogen and oxygen atoms in total. The molecule has 5 aromatic rings. The molecule has 2 N–H and O–H groups in total. The summed E-state index contributed by atoms with van der Waals surface area (Å²) in [7, 11) is -3.69. The Kier molecular flexibility index (Phi) is 7.51. The molecule has 1 amide bonds. The molecule has 208 valence electrons. The number of fused-ring (bicyclic) bond motifs is 2. The highest BCUT2D eigenvalue weighted by Gasteiger charge is 2.32. The molecule has 1 unspecified atom stereocenters. The Morgan fingerprint density at radius 2 is 1.38 bits per heavy atom. The first-order valence-electron chi connectivity index (χ1n) is 12.8. The van der Waals surface area contributed by atoms with E-state index in [1.165, 1.54) is 17.8 Å². The lowest BCUT2D eigenvalue weighted by atomic mass is 9.83. The fourth-order valence-electron chi connectivity index (χ4n) is 4.71. The van der Waals surface area contributed by atoms with Crippen LogP contribution >= 0.6 is 23.1 Å². The number of hydrogen-bond donors (Lipinski definition) is 2. The van der Waals surface area contributed by atoms with Gasteiger partial charge in [-0.1, -0.05) is 72.8 Å². The minimum Gasteiger partial charge on any atom is -0.324 e. The molecule has 0 spiro atoms. The normalized spacial score (nSPS) is 13.1. The van der Waals surface area contributed by atoms with Gasteiger partial charge in [-0.15, -0.1) is 23.1 Å². The van der Waals surface area contributed by atoms with Gasteiger partial charge < -0.3 is 5.32 Å². The predicted molar refractivity (Wildman–Crippen MR) is 165 cm³/mol. The second kappa shape index (κ2) is 11.4. The summed E-state index contributed by atoms with van der Waals surface area (Å²) in [6, 6.07) is 30.7. The van der Waals surface area contributed by atoms with Gasteiger partial charge in [0.25, 0.3) is 10.0 Å². The maximum absolute atomic E-state index is 13.8. The van der Waals surface area contributed by atoms with E-state index in [4.69, 9.17) is 0 Å². The third-order valence-corrected chi connectivity index (χ3v) is 10.7. The Morgan fingerprint density at radius 3 is 2.07 bits per heavy atom. The van der Waals surface area contributed by atoms with Gasteiger partial charge in [0.1, 0.15) is 9.46 Å². The van der Waals surface area contributed by atoms with Crippen LogP contribution in [0.5, 0.6) is 0 Å². The minimum absolute atomic E-state index is 0.175. The maximum atomic E-state index is 13.8. The Balaban J connectivity index is 1.27. The van der Waals surface area contributed by atoms with Crippen molar-refractivity contribution >= 4 is 62.0 Å². The van der Waals surface area contributed by atoms with Gasteiger partial charge in [0.05, 0.1) is 11.3 Å². The quantitative estimate of drug-likeness (QED) is 0.184. The molecule has 1 aliphatic rings. The lowest BCUT2D eigenvalue weighted by Gasteiger charge is -2.22. The number of hydrogen-bond acceptors (Lipinski definition) is 7. The van der Waals surface area contributed by atoms with Gasteiger partial charge in [-0.25, -0.2) is 8.42 Å². The van der Waals surface area contributed by atoms with E-state index >= 15 is 0 Å². The molecule has 0 fully saturated rings. The van der Waals surface area contributed by atoms with Crippen molar-refractivity contribution in [2.24, 2.45) is 0 Å². The summed E-state index contributed by atoms with van der Waals surface area (Å²) in [5.74, 6) is -0.957. The molecule has 10 heteroatoms. The molecular weight excluding hydrogens is 589 g/mol. The summed E-state index contributed by atoms with van der Waals surface area (Å²) < 4.78 is 27.9. The van der Waals surface area contributed by atoms with Crippen molar-refractivity contribution in [2.75, 3.05) is 10.0 Å². The highest BCUT2D eigenvalue weighted by Crippen LogP contribution is 2.38. The summed E-state index contributed by atoms with van der Waals surface area (Å²) in [6.45, 7) is 0. The standard InChI is InChI=1S/C32H22N2O5S3/c35-29-23-10-4-5-11-24(23)30(36)28-25(29)12-6-13-26(28)33-32(37)31(20-8-2-1-3-9-20)41-22-17-15-21(16-18-22)34-42(38,39)27-14-7-19-40-27/h1-19,31,34H,(H,33,37). The van der Waals surface area contributed by atoms with Crippen LogP contribution in [0.1, 0.15) is 42.7 Å². The number of nitrogens with one attached hydrogen (secondary N) is 2. The smallest absolute Gasteiger partial charge is 0.271 e. The molecule has 0 aliphatic heterocycles. The summed E-state index contributed by atoms with van der Waals surface area (Å²) in [5.41, 5.74) is 2.48. The van der Waals surface area contributed by atoms with Gasteiger partial charge >= 0.3 is 0 Å². The van der Waals surface area contributed by atoms with E-state index in [-0.39, 0.29) is 38.5 Å². The molecule has 6 rings (SSSR count). The van der Waals surface area contributed by atoms with E-state index in [2.05, 4.69) is 10.0 Å². The van der Waals surface area contributed by atoms with Crippen LogP contribution < -0.4 is 10.0 Å². The van der Waals surface area contributed by atoms with Crippen molar-refractivity contribution in [1.29, 1.82) is 0 Å². The molecule has 4 aromatic carbocycles. The molecular formula is C32H22N2O5S3. The largest absolute Gasteiger partial charge is 0.324 e. The number of sulfonamides is 1. The zero-order valence-corrected chi connectivity index (χ0v) is 24.3. The predicted octanol–water partition coefficient (Wildman–Crippen LogP) is 6.80. The van der Waals surface area contributed by atoms with Crippen LogP contribution in [0.15, 0.2) is 124 Å². The Labute approximate surface area is 250 Å². The molecule has 1 aliphatic carbocycles. The van der Waals surface area contributed by atoms with Crippen LogP contribution in [-0.2, 0) is 14.8 Å². The number of ketones is 2. The molecule has 0 bridgehead atoms. The van der Waals surface area contributed by atoms with Crippen LogP contribution in [-0.4, -0.2) is 25.9 Å². The number of thiophene rings is 1. The van der Waals surface area contributed by atoms with Gasteiger partial charge in [0, 0.05) is 27.3 Å². The van der Waals surface area contributed by atoms with Crippen molar-refractivity contribution in [3.8, 4) is 0 Å². The highest BCUT2D eigenvalue weighted by molar-refractivity contribution is 8.00. The van der Waals surface area contributed by atoms with Crippen LogP contribution in [0.2, 0.25) is 0 Å². The zero-order chi connectivity index (χ0) is 29.3. The molecule has 0 saturated heterocycles. The first kappa shape index (κ1) is 27.6. The van der Waals surface area contributed by atoms with E-state index in [0.717, 1.165) is 21.8 Å². The molecule has 1 atom stereocenters. The highest BCUT2D eigenvalue weighted by atomic mass is 32.2. The molecule has 42 heavy (non-hydrogen) atoms. The maximum Gasteiger partial charge on any atom is 0.271 e. The van der Waals surface area contributed by atoms with E-state index in [9.17, 15) is 22.8 Å². The molecule has 1 aromatic heterocycles. The SMILES string of the molecule is O=C1c2ccccc2C(=O)c2c(NC(=O)C(Sc3ccc(NS(=O)(=O)c4cccs4)cc3)c3ccccc3)cccc21. The van der Waals surface area contributed by atoms with Crippen LogP contribution in [0, 0.1) is 0 Å². The van der Waals surface area contributed by atoms with Gasteiger partial charge in [-0.3, -0.25) is 19.1 Å². The molecule has 0 saturated carbocycles. The minimum atomic E-state index is -3.69. The Morgan fingerprint density at radius 1 is 0.714 bits per heavy atom. The van der Waals surface area contributed by atoms with Gasteiger partial charge in [0.15, 0.2) is 11.6 Å². The van der Waals surface area contributed by atoms with Gasteiger partial charge in [-0.2, -0.15) is 0 Å². The zero-order valence-electron chi connectivity index (χ0n) is 21.8. The first-order chi connectivity index (χ1) is 20.3. The summed E-state index contributed by atoms with van der Waals surface area (Å²) in [4.78, 5) is 41.1. The number of anilines is 2.